The second-order valence-electron chi connectivity index (χ2n) is 4.59. The van der Waals surface area contributed by atoms with Gasteiger partial charge in [-0.05, 0) is 51.8 Å². The SMILES string of the molecule is Clc1ccc(NCc2ccc(Br)c3cccnc23)cc1Br. The van der Waals surface area contributed by atoms with E-state index in [2.05, 4.69) is 60.4 Å². The van der Waals surface area contributed by atoms with Crippen LogP contribution >= 0.6 is 43.5 Å². The van der Waals surface area contributed by atoms with E-state index < -0.39 is 0 Å². The molecule has 3 aromatic rings. The van der Waals surface area contributed by atoms with Gasteiger partial charge >= 0.3 is 0 Å². The molecule has 0 fully saturated rings. The topological polar surface area (TPSA) is 24.9 Å². The zero-order valence-electron chi connectivity index (χ0n) is 10.9. The van der Waals surface area contributed by atoms with Gasteiger partial charge < -0.3 is 5.32 Å². The smallest absolute Gasteiger partial charge is 0.0763 e. The first-order valence-electron chi connectivity index (χ1n) is 6.36. The summed E-state index contributed by atoms with van der Waals surface area (Å²) in [6, 6.07) is 13.9. The maximum absolute atomic E-state index is 6.00. The monoisotopic (exact) mass is 424 g/mol. The lowest BCUT2D eigenvalue weighted by atomic mass is 10.1. The molecule has 0 aliphatic carbocycles. The fourth-order valence-corrected chi connectivity index (χ4v) is 3.09. The largest absolute Gasteiger partial charge is 0.381 e. The Morgan fingerprint density at radius 2 is 1.90 bits per heavy atom. The maximum Gasteiger partial charge on any atom is 0.0763 e. The van der Waals surface area contributed by atoms with Crippen LogP contribution in [-0.4, -0.2) is 4.98 Å². The minimum absolute atomic E-state index is 0.703. The van der Waals surface area contributed by atoms with Crippen LogP contribution in [-0.2, 0) is 6.54 Å². The molecule has 2 nitrogen and oxygen atoms in total. The van der Waals surface area contributed by atoms with Crippen molar-refractivity contribution in [2.45, 2.75) is 6.54 Å². The lowest BCUT2D eigenvalue weighted by Crippen LogP contribution is -2.01. The average Bonchev–Trinajstić information content (AvgIpc) is 2.50. The van der Waals surface area contributed by atoms with Crippen molar-refractivity contribution in [2.24, 2.45) is 0 Å². The molecule has 0 aliphatic heterocycles. The molecule has 0 aliphatic rings. The van der Waals surface area contributed by atoms with Crippen LogP contribution in [0.5, 0.6) is 0 Å². The summed E-state index contributed by atoms with van der Waals surface area (Å²) in [5, 5.41) is 5.22. The first-order chi connectivity index (χ1) is 10.1. The number of aromatic nitrogens is 1. The zero-order chi connectivity index (χ0) is 14.8. The van der Waals surface area contributed by atoms with Gasteiger partial charge in [0.2, 0.25) is 0 Å². The molecule has 0 radical (unpaired) electrons. The molecule has 1 heterocycles. The van der Waals surface area contributed by atoms with E-state index in [0.717, 1.165) is 31.1 Å². The second kappa shape index (κ2) is 6.34. The van der Waals surface area contributed by atoms with Gasteiger partial charge in [-0.15, -0.1) is 0 Å². The van der Waals surface area contributed by atoms with Crippen molar-refractivity contribution >= 4 is 60.1 Å². The van der Waals surface area contributed by atoms with E-state index in [-0.39, 0.29) is 0 Å². The van der Waals surface area contributed by atoms with Gasteiger partial charge in [0, 0.05) is 32.8 Å². The third-order valence-electron chi connectivity index (χ3n) is 3.20. The summed E-state index contributed by atoms with van der Waals surface area (Å²) < 4.78 is 1.94. The summed E-state index contributed by atoms with van der Waals surface area (Å²) in [4.78, 5) is 4.49. The number of rotatable bonds is 3. The number of nitrogens with zero attached hydrogens (tertiary/aromatic N) is 1. The first-order valence-corrected chi connectivity index (χ1v) is 8.32. The quantitative estimate of drug-likeness (QED) is 0.553. The van der Waals surface area contributed by atoms with Crippen LogP contribution in [0.1, 0.15) is 5.56 Å². The van der Waals surface area contributed by atoms with Crippen molar-refractivity contribution in [3.8, 4) is 0 Å². The highest BCUT2D eigenvalue weighted by atomic mass is 79.9. The Morgan fingerprint density at radius 3 is 2.71 bits per heavy atom. The lowest BCUT2D eigenvalue weighted by Gasteiger charge is -2.10. The molecule has 0 amide bonds. The highest BCUT2D eigenvalue weighted by molar-refractivity contribution is 9.11. The van der Waals surface area contributed by atoms with Gasteiger partial charge in [-0.2, -0.15) is 0 Å². The van der Waals surface area contributed by atoms with Gasteiger partial charge in [0.05, 0.1) is 10.5 Å². The molecule has 1 N–H and O–H groups in total. The molecule has 3 rings (SSSR count). The van der Waals surface area contributed by atoms with Crippen molar-refractivity contribution in [1.82, 2.24) is 4.98 Å². The number of hydrogen-bond donors (Lipinski definition) is 1. The van der Waals surface area contributed by atoms with Crippen molar-refractivity contribution in [1.29, 1.82) is 0 Å². The lowest BCUT2D eigenvalue weighted by molar-refractivity contribution is 1.15. The molecule has 0 bridgehead atoms. The van der Waals surface area contributed by atoms with Crippen molar-refractivity contribution in [3.05, 3.63) is 68.2 Å². The second-order valence-corrected chi connectivity index (χ2v) is 6.70. The number of benzene rings is 2. The minimum Gasteiger partial charge on any atom is -0.381 e. The van der Waals surface area contributed by atoms with Gasteiger partial charge in [0.15, 0.2) is 0 Å². The first kappa shape index (κ1) is 14.8. The number of halogens is 3. The fourth-order valence-electron chi connectivity index (χ4n) is 2.14. The van der Waals surface area contributed by atoms with E-state index in [0.29, 0.717) is 11.6 Å². The summed E-state index contributed by atoms with van der Waals surface area (Å²) in [5.74, 6) is 0. The Kier molecular flexibility index (Phi) is 4.48. The van der Waals surface area contributed by atoms with Crippen molar-refractivity contribution < 1.29 is 0 Å². The van der Waals surface area contributed by atoms with E-state index in [1.54, 1.807) is 0 Å². The number of hydrogen-bond acceptors (Lipinski definition) is 2. The number of anilines is 1. The van der Waals surface area contributed by atoms with E-state index in [1.165, 1.54) is 0 Å². The van der Waals surface area contributed by atoms with Crippen molar-refractivity contribution in [3.63, 3.8) is 0 Å². The molecule has 1 aromatic heterocycles. The van der Waals surface area contributed by atoms with Gasteiger partial charge in [-0.25, -0.2) is 0 Å². The molecule has 2 aromatic carbocycles. The van der Waals surface area contributed by atoms with Crippen LogP contribution in [0, 0.1) is 0 Å². The Balaban J connectivity index is 1.88. The van der Waals surface area contributed by atoms with Crippen LogP contribution < -0.4 is 5.32 Å². The van der Waals surface area contributed by atoms with E-state index >= 15 is 0 Å². The van der Waals surface area contributed by atoms with Crippen LogP contribution in [0.3, 0.4) is 0 Å². The highest BCUT2D eigenvalue weighted by Crippen LogP contribution is 2.28. The number of nitrogens with one attached hydrogen (secondary N) is 1. The third-order valence-corrected chi connectivity index (χ3v) is 5.11. The van der Waals surface area contributed by atoms with E-state index in [1.807, 2.05) is 30.5 Å². The Bertz CT molecular complexity index is 805. The average molecular weight is 427 g/mol. The highest BCUT2D eigenvalue weighted by Gasteiger charge is 2.06. The van der Waals surface area contributed by atoms with Crippen molar-refractivity contribution in [2.75, 3.05) is 5.32 Å². The molecule has 0 saturated heterocycles. The number of pyridine rings is 1. The Morgan fingerprint density at radius 1 is 1.05 bits per heavy atom. The fraction of sp³-hybridized carbons (Fsp3) is 0.0625. The summed E-state index contributed by atoms with van der Waals surface area (Å²) in [6.45, 7) is 0.703. The molecule has 0 unspecified atom stereocenters. The Hall–Kier alpha value is -1.10. The molecule has 0 atom stereocenters. The molecule has 5 heteroatoms. The zero-order valence-corrected chi connectivity index (χ0v) is 14.8. The molecule has 106 valence electrons. The predicted octanol–water partition coefficient (Wildman–Crippen LogP) is 6.03. The maximum atomic E-state index is 6.00. The van der Waals surface area contributed by atoms with Gasteiger partial charge in [-0.3, -0.25) is 4.98 Å². The summed E-state index contributed by atoms with van der Waals surface area (Å²) in [7, 11) is 0. The van der Waals surface area contributed by atoms with Crippen LogP contribution in [0.2, 0.25) is 5.02 Å². The summed E-state index contributed by atoms with van der Waals surface area (Å²) in [6.07, 6.45) is 1.82. The summed E-state index contributed by atoms with van der Waals surface area (Å²) >= 11 is 13.0. The predicted molar refractivity (Wildman–Crippen MR) is 95.9 cm³/mol. The third kappa shape index (κ3) is 3.23. The molecular formula is C16H11Br2ClN2. The molecule has 21 heavy (non-hydrogen) atoms. The molecule has 0 spiro atoms. The van der Waals surface area contributed by atoms with Gasteiger partial charge in [0.1, 0.15) is 0 Å². The van der Waals surface area contributed by atoms with Crippen LogP contribution in [0.15, 0.2) is 57.6 Å². The van der Waals surface area contributed by atoms with Gasteiger partial charge in [0.25, 0.3) is 0 Å². The van der Waals surface area contributed by atoms with Gasteiger partial charge in [-0.1, -0.05) is 39.7 Å². The Labute approximate surface area is 144 Å². The normalized spacial score (nSPS) is 10.8. The van der Waals surface area contributed by atoms with E-state index in [9.17, 15) is 0 Å². The van der Waals surface area contributed by atoms with E-state index in [4.69, 9.17) is 11.6 Å². The molecular weight excluding hydrogens is 415 g/mol. The molecule has 0 saturated carbocycles. The van der Waals surface area contributed by atoms with Crippen LogP contribution in [0.25, 0.3) is 10.9 Å². The standard InChI is InChI=1S/C16H11Br2ClN2/c17-13-5-3-10(16-12(13)2-1-7-20-16)9-21-11-4-6-15(19)14(18)8-11/h1-8,21H,9H2. The number of fused-ring (bicyclic) bond motifs is 1. The minimum atomic E-state index is 0.703. The summed E-state index contributed by atoms with van der Waals surface area (Å²) in [5.41, 5.74) is 3.17. The van der Waals surface area contributed by atoms with Crippen LogP contribution in [0.4, 0.5) is 5.69 Å².